The number of aromatic nitrogens is 3. The second kappa shape index (κ2) is 6.74. The van der Waals surface area contributed by atoms with Crippen LogP contribution in [0, 0.1) is 0 Å². The van der Waals surface area contributed by atoms with Crippen molar-refractivity contribution < 1.29 is 9.59 Å². The zero-order valence-corrected chi connectivity index (χ0v) is 12.5. The SMILES string of the molecule is CCn1c(SCCC(=O)NC(=O)NC)nnc1C1CC1. The maximum atomic E-state index is 11.5. The molecule has 0 aliphatic heterocycles. The number of imide groups is 1. The lowest BCUT2D eigenvalue weighted by Gasteiger charge is -2.06. The molecule has 0 aromatic carbocycles. The van der Waals surface area contributed by atoms with Crippen molar-refractivity contribution in [2.75, 3.05) is 12.8 Å². The molecule has 0 bridgehead atoms. The summed E-state index contributed by atoms with van der Waals surface area (Å²) in [5, 5.41) is 13.8. The molecule has 8 heteroatoms. The Kier molecular flexibility index (Phi) is 4.99. The van der Waals surface area contributed by atoms with Gasteiger partial charge in [0, 0.05) is 31.7 Å². The number of rotatable bonds is 6. The topological polar surface area (TPSA) is 88.9 Å². The monoisotopic (exact) mass is 297 g/mol. The number of hydrogen-bond donors (Lipinski definition) is 2. The molecule has 1 fully saturated rings. The Bertz CT molecular complexity index is 498. The van der Waals surface area contributed by atoms with E-state index in [2.05, 4.69) is 32.3 Å². The fourth-order valence-corrected chi connectivity index (χ4v) is 2.78. The summed E-state index contributed by atoms with van der Waals surface area (Å²) in [7, 11) is 1.47. The van der Waals surface area contributed by atoms with E-state index in [9.17, 15) is 9.59 Å². The van der Waals surface area contributed by atoms with Gasteiger partial charge in [-0.05, 0) is 19.8 Å². The van der Waals surface area contributed by atoms with Crippen LogP contribution < -0.4 is 10.6 Å². The van der Waals surface area contributed by atoms with E-state index < -0.39 is 6.03 Å². The largest absolute Gasteiger partial charge is 0.341 e. The summed E-state index contributed by atoms with van der Waals surface area (Å²) >= 11 is 1.50. The maximum absolute atomic E-state index is 11.5. The molecule has 110 valence electrons. The number of carbonyl (C=O) groups is 2. The second-order valence-corrected chi connectivity index (χ2v) is 5.65. The fourth-order valence-electron chi connectivity index (χ4n) is 1.83. The Hall–Kier alpha value is -1.57. The summed E-state index contributed by atoms with van der Waals surface area (Å²) in [6, 6.07) is -0.479. The first-order valence-corrected chi connectivity index (χ1v) is 7.71. The molecule has 1 saturated carbocycles. The lowest BCUT2D eigenvalue weighted by Crippen LogP contribution is -2.37. The third kappa shape index (κ3) is 3.72. The van der Waals surface area contributed by atoms with Gasteiger partial charge in [-0.3, -0.25) is 10.1 Å². The molecule has 1 aliphatic carbocycles. The number of amides is 3. The van der Waals surface area contributed by atoms with Crippen LogP contribution >= 0.6 is 11.8 Å². The van der Waals surface area contributed by atoms with Gasteiger partial charge in [0.1, 0.15) is 5.82 Å². The van der Waals surface area contributed by atoms with Gasteiger partial charge in [-0.15, -0.1) is 10.2 Å². The van der Waals surface area contributed by atoms with Gasteiger partial charge in [0.15, 0.2) is 5.16 Å². The average molecular weight is 297 g/mol. The highest BCUT2D eigenvalue weighted by molar-refractivity contribution is 7.99. The Morgan fingerprint density at radius 2 is 2.15 bits per heavy atom. The molecule has 1 heterocycles. The van der Waals surface area contributed by atoms with Gasteiger partial charge in [-0.25, -0.2) is 4.79 Å². The van der Waals surface area contributed by atoms with Crippen molar-refractivity contribution in [2.24, 2.45) is 0 Å². The quantitative estimate of drug-likeness (QED) is 0.768. The van der Waals surface area contributed by atoms with Crippen LogP contribution in [-0.4, -0.2) is 39.5 Å². The van der Waals surface area contributed by atoms with Crippen molar-refractivity contribution in [2.45, 2.75) is 43.8 Å². The van der Waals surface area contributed by atoms with Crippen LogP contribution in [0.1, 0.15) is 37.9 Å². The summed E-state index contributed by atoms with van der Waals surface area (Å²) in [5.74, 6) is 1.91. The molecule has 1 aliphatic rings. The molecule has 20 heavy (non-hydrogen) atoms. The highest BCUT2D eigenvalue weighted by Gasteiger charge is 2.29. The maximum Gasteiger partial charge on any atom is 0.321 e. The Morgan fingerprint density at radius 3 is 2.75 bits per heavy atom. The Morgan fingerprint density at radius 1 is 1.40 bits per heavy atom. The molecule has 0 atom stereocenters. The number of nitrogens with one attached hydrogen (secondary N) is 2. The summed E-state index contributed by atoms with van der Waals surface area (Å²) in [6.45, 7) is 2.91. The molecule has 0 radical (unpaired) electrons. The van der Waals surface area contributed by atoms with Crippen LogP contribution in [-0.2, 0) is 11.3 Å². The fraction of sp³-hybridized carbons (Fsp3) is 0.667. The lowest BCUT2D eigenvalue weighted by molar-refractivity contribution is -0.119. The van der Waals surface area contributed by atoms with Gasteiger partial charge >= 0.3 is 6.03 Å². The molecule has 1 aromatic heterocycles. The van der Waals surface area contributed by atoms with Crippen LogP contribution in [0.3, 0.4) is 0 Å². The minimum absolute atomic E-state index is 0.271. The highest BCUT2D eigenvalue weighted by atomic mass is 32.2. The summed E-state index contributed by atoms with van der Waals surface area (Å²) in [5.41, 5.74) is 0. The van der Waals surface area contributed by atoms with Crippen LogP contribution in [0.2, 0.25) is 0 Å². The minimum Gasteiger partial charge on any atom is -0.341 e. The van der Waals surface area contributed by atoms with Crippen LogP contribution in [0.25, 0.3) is 0 Å². The highest BCUT2D eigenvalue weighted by Crippen LogP contribution is 2.39. The molecule has 0 unspecified atom stereocenters. The van der Waals surface area contributed by atoms with Gasteiger partial charge < -0.3 is 9.88 Å². The first-order valence-electron chi connectivity index (χ1n) is 6.73. The third-order valence-corrected chi connectivity index (χ3v) is 4.01. The number of urea groups is 1. The van der Waals surface area contributed by atoms with Crippen molar-refractivity contribution >= 4 is 23.7 Å². The lowest BCUT2D eigenvalue weighted by atomic mass is 10.4. The molecule has 7 nitrogen and oxygen atoms in total. The van der Waals surface area contributed by atoms with E-state index in [1.165, 1.54) is 31.7 Å². The first-order chi connectivity index (χ1) is 9.65. The number of carbonyl (C=O) groups excluding carboxylic acids is 2. The van der Waals surface area contributed by atoms with Gasteiger partial charge in [-0.2, -0.15) is 0 Å². The summed E-state index contributed by atoms with van der Waals surface area (Å²) in [6.07, 6.45) is 2.65. The first kappa shape index (κ1) is 14.8. The molecule has 0 saturated heterocycles. The molecule has 0 spiro atoms. The third-order valence-electron chi connectivity index (χ3n) is 3.04. The zero-order chi connectivity index (χ0) is 14.5. The molecular formula is C12H19N5O2S. The van der Waals surface area contributed by atoms with Gasteiger partial charge in [0.2, 0.25) is 5.91 Å². The van der Waals surface area contributed by atoms with Gasteiger partial charge in [0.05, 0.1) is 0 Å². The van der Waals surface area contributed by atoms with Gasteiger partial charge in [0.25, 0.3) is 0 Å². The van der Waals surface area contributed by atoms with E-state index in [1.807, 2.05) is 0 Å². The van der Waals surface area contributed by atoms with Crippen molar-refractivity contribution in [3.63, 3.8) is 0 Å². The Labute approximate surface area is 121 Å². The van der Waals surface area contributed by atoms with Crippen molar-refractivity contribution in [3.8, 4) is 0 Å². The van der Waals surface area contributed by atoms with E-state index >= 15 is 0 Å². The van der Waals surface area contributed by atoms with Crippen molar-refractivity contribution in [1.82, 2.24) is 25.4 Å². The van der Waals surface area contributed by atoms with E-state index in [1.54, 1.807) is 0 Å². The van der Waals surface area contributed by atoms with E-state index in [4.69, 9.17) is 0 Å². The number of nitrogens with zero attached hydrogens (tertiary/aromatic N) is 3. The molecular weight excluding hydrogens is 278 g/mol. The van der Waals surface area contributed by atoms with Gasteiger partial charge in [-0.1, -0.05) is 11.8 Å². The van der Waals surface area contributed by atoms with Crippen LogP contribution in [0.5, 0.6) is 0 Å². The summed E-state index contributed by atoms with van der Waals surface area (Å²) in [4.78, 5) is 22.4. The van der Waals surface area contributed by atoms with E-state index in [0.29, 0.717) is 11.7 Å². The van der Waals surface area contributed by atoms with Crippen LogP contribution in [0.4, 0.5) is 4.79 Å². The molecule has 2 N–H and O–H groups in total. The van der Waals surface area contributed by atoms with Crippen LogP contribution in [0.15, 0.2) is 5.16 Å². The number of thioether (sulfide) groups is 1. The summed E-state index contributed by atoms with van der Waals surface area (Å²) < 4.78 is 2.11. The molecule has 2 rings (SSSR count). The molecule has 3 amide bonds. The predicted octanol–water partition coefficient (Wildman–Crippen LogP) is 1.11. The smallest absolute Gasteiger partial charge is 0.321 e. The normalized spacial score (nSPS) is 14.1. The predicted molar refractivity (Wildman–Crippen MR) is 75.6 cm³/mol. The molecule has 1 aromatic rings. The zero-order valence-electron chi connectivity index (χ0n) is 11.7. The minimum atomic E-state index is -0.479. The second-order valence-electron chi connectivity index (χ2n) is 4.59. The number of hydrogen-bond acceptors (Lipinski definition) is 5. The van der Waals surface area contributed by atoms with E-state index in [0.717, 1.165) is 17.5 Å². The van der Waals surface area contributed by atoms with Crippen molar-refractivity contribution in [3.05, 3.63) is 5.82 Å². The van der Waals surface area contributed by atoms with E-state index in [-0.39, 0.29) is 12.3 Å². The van der Waals surface area contributed by atoms with Crippen molar-refractivity contribution in [1.29, 1.82) is 0 Å². The average Bonchev–Trinajstić information content (AvgIpc) is 3.20. The standard InChI is InChI=1S/C12H19N5O2S/c1-3-17-10(8-4-5-8)15-16-12(17)20-7-6-9(18)14-11(19)13-2/h8H,3-7H2,1-2H3,(H2,13,14,18,19). The Balaban J connectivity index is 1.82.